The molecule has 1 unspecified atom stereocenters. The Labute approximate surface area is 178 Å². The molecule has 34 heavy (non-hydrogen) atoms. The van der Waals surface area contributed by atoms with Crippen molar-refractivity contribution >= 4 is 0 Å². The normalized spacial score (nSPS) is 16.9. The summed E-state index contributed by atoms with van der Waals surface area (Å²) in [5.74, 6) is -60.5. The molecule has 0 saturated heterocycles. The van der Waals surface area contributed by atoms with Gasteiger partial charge in [0.2, 0.25) is 0 Å². The molecule has 0 amide bonds. The Hall–Kier alpha value is -1.69. The molecule has 0 aliphatic rings. The van der Waals surface area contributed by atoms with Crippen LogP contribution in [-0.4, -0.2) is 66.0 Å². The van der Waals surface area contributed by atoms with Crippen molar-refractivity contribution in [2.75, 3.05) is 13.2 Å². The number of rotatable bonds is 12. The van der Waals surface area contributed by atoms with Gasteiger partial charge in [-0.3, -0.25) is 0 Å². The maximum Gasteiger partial charge on any atom is 0.460 e. The quantitative estimate of drug-likeness (QED) is 0.160. The van der Waals surface area contributed by atoms with Crippen LogP contribution < -0.4 is 0 Å². The molecule has 2 nitrogen and oxygen atoms in total. The lowest BCUT2D eigenvalue weighted by molar-refractivity contribution is -0.463. The van der Waals surface area contributed by atoms with E-state index in [-0.39, 0.29) is 6.42 Å². The highest BCUT2D eigenvalue weighted by Crippen LogP contribution is 2.64. The van der Waals surface area contributed by atoms with Gasteiger partial charge in [0.1, 0.15) is 0 Å². The van der Waals surface area contributed by atoms with E-state index >= 15 is 0 Å². The standard InChI is InChI=1S/C15H13F17O2/c1-2-5-34-6-7(3-4-33)8(16,17)9(18,19)10(20,21)11(22,23)12(24,25)13(26,27)14(28,29)15(30,31)32/h3-4,7,33H,2,5-6H2,1H3. The van der Waals surface area contributed by atoms with Crippen molar-refractivity contribution in [2.45, 2.75) is 61.0 Å². The Morgan fingerprint density at radius 3 is 1.29 bits per heavy atom. The van der Waals surface area contributed by atoms with Crippen LogP contribution in [0.15, 0.2) is 12.3 Å². The van der Waals surface area contributed by atoms with Crippen molar-refractivity contribution in [1.82, 2.24) is 0 Å². The average molecular weight is 548 g/mol. The minimum absolute atomic E-state index is 0.0412. The molecule has 0 aliphatic carbocycles. The number of alkyl halides is 17. The van der Waals surface area contributed by atoms with E-state index in [1.165, 1.54) is 6.92 Å². The van der Waals surface area contributed by atoms with Gasteiger partial charge in [-0.25, -0.2) is 0 Å². The lowest BCUT2D eigenvalue weighted by atomic mass is 9.85. The molecule has 19 heteroatoms. The van der Waals surface area contributed by atoms with Crippen molar-refractivity contribution in [3.8, 4) is 0 Å². The van der Waals surface area contributed by atoms with Crippen LogP contribution in [0.5, 0.6) is 0 Å². The molecule has 0 bridgehead atoms. The van der Waals surface area contributed by atoms with E-state index in [9.17, 15) is 74.6 Å². The molecule has 0 aromatic heterocycles. The van der Waals surface area contributed by atoms with E-state index in [0.29, 0.717) is 0 Å². The molecule has 0 heterocycles. The molecule has 1 atom stereocenters. The van der Waals surface area contributed by atoms with E-state index in [2.05, 4.69) is 4.74 Å². The third-order valence-electron chi connectivity index (χ3n) is 4.18. The highest BCUT2D eigenvalue weighted by Gasteiger charge is 2.95. The number of hydrogen-bond donors (Lipinski definition) is 1. The van der Waals surface area contributed by atoms with Crippen molar-refractivity contribution in [3.05, 3.63) is 12.3 Å². The van der Waals surface area contributed by atoms with E-state index in [4.69, 9.17) is 5.11 Å². The molecule has 1 N–H and O–H groups in total. The second-order valence-corrected chi connectivity index (χ2v) is 6.59. The molecule has 0 aromatic carbocycles. The van der Waals surface area contributed by atoms with E-state index < -0.39 is 79.1 Å². The van der Waals surface area contributed by atoms with Gasteiger partial charge in [0, 0.05) is 6.61 Å². The molecular formula is C15H13F17O2. The van der Waals surface area contributed by atoms with Crippen LogP contribution in [-0.2, 0) is 4.74 Å². The third kappa shape index (κ3) is 4.59. The summed E-state index contributed by atoms with van der Waals surface area (Å²) in [5.41, 5.74) is 0. The van der Waals surface area contributed by atoms with E-state index in [0.717, 1.165) is 0 Å². The smallest absolute Gasteiger partial charge is 0.460 e. The van der Waals surface area contributed by atoms with Crippen LogP contribution in [0.2, 0.25) is 0 Å². The lowest BCUT2D eigenvalue weighted by Gasteiger charge is -2.43. The van der Waals surface area contributed by atoms with Gasteiger partial charge in [-0.05, 0) is 12.5 Å². The Balaban J connectivity index is 6.74. The van der Waals surface area contributed by atoms with Crippen molar-refractivity contribution < 1.29 is 84.5 Å². The SMILES string of the molecule is CCCOCC(C=CO)C(F)(F)C(F)(F)C(F)(F)C(F)(F)C(F)(F)C(F)(F)C(F)(F)C(F)(F)F. The summed E-state index contributed by atoms with van der Waals surface area (Å²) in [7, 11) is 0. The largest absolute Gasteiger partial charge is 0.516 e. The Morgan fingerprint density at radius 1 is 0.618 bits per heavy atom. The maximum atomic E-state index is 14.0. The zero-order valence-corrected chi connectivity index (χ0v) is 16.1. The second kappa shape index (κ2) is 9.40. The van der Waals surface area contributed by atoms with Gasteiger partial charge in [0.25, 0.3) is 0 Å². The minimum Gasteiger partial charge on any atom is -0.516 e. The monoisotopic (exact) mass is 548 g/mol. The number of halogens is 17. The van der Waals surface area contributed by atoms with Crippen LogP contribution in [0.4, 0.5) is 74.6 Å². The number of ether oxygens (including phenoxy) is 1. The molecule has 0 rings (SSSR count). The van der Waals surface area contributed by atoms with Crippen molar-refractivity contribution in [1.29, 1.82) is 0 Å². The summed E-state index contributed by atoms with van der Waals surface area (Å²) in [6.45, 7) is -1.06. The highest BCUT2D eigenvalue weighted by atomic mass is 19.4. The van der Waals surface area contributed by atoms with Gasteiger partial charge >= 0.3 is 47.6 Å². The van der Waals surface area contributed by atoms with Gasteiger partial charge in [0.05, 0.1) is 18.8 Å². The first-order valence-corrected chi connectivity index (χ1v) is 8.37. The molecule has 0 aromatic rings. The van der Waals surface area contributed by atoms with Crippen LogP contribution >= 0.6 is 0 Å². The van der Waals surface area contributed by atoms with Gasteiger partial charge in [-0.15, -0.1) is 0 Å². The van der Waals surface area contributed by atoms with Gasteiger partial charge in [-0.2, -0.15) is 74.6 Å². The first-order chi connectivity index (χ1) is 14.8. The summed E-state index contributed by atoms with van der Waals surface area (Å²) < 4.78 is 229. The summed E-state index contributed by atoms with van der Waals surface area (Å²) in [6.07, 6.45) is -8.83. The Kier molecular flexibility index (Phi) is 8.94. The van der Waals surface area contributed by atoms with Crippen molar-refractivity contribution in [2.24, 2.45) is 5.92 Å². The first-order valence-electron chi connectivity index (χ1n) is 8.37. The fraction of sp³-hybridized carbons (Fsp3) is 0.867. The average Bonchev–Trinajstić information content (AvgIpc) is 2.65. The fourth-order valence-corrected chi connectivity index (χ4v) is 2.15. The molecule has 0 saturated carbocycles. The minimum atomic E-state index is -8.68. The molecule has 0 spiro atoms. The number of hydrogen-bond acceptors (Lipinski definition) is 2. The van der Waals surface area contributed by atoms with Crippen LogP contribution in [0.1, 0.15) is 13.3 Å². The molecule has 0 aliphatic heterocycles. The van der Waals surface area contributed by atoms with Gasteiger partial charge in [0.15, 0.2) is 0 Å². The predicted octanol–water partition coefficient (Wildman–Crippen LogP) is 7.11. The molecular weight excluding hydrogens is 535 g/mol. The summed E-state index contributed by atoms with van der Waals surface area (Å²) >= 11 is 0. The van der Waals surface area contributed by atoms with Gasteiger partial charge in [-0.1, -0.05) is 6.92 Å². The zero-order chi connectivity index (χ0) is 27.8. The summed E-state index contributed by atoms with van der Waals surface area (Å²) in [4.78, 5) is 0. The Bertz CT molecular complexity index is 710. The predicted molar refractivity (Wildman–Crippen MR) is 77.1 cm³/mol. The summed E-state index contributed by atoms with van der Waals surface area (Å²) in [6, 6.07) is 0. The molecule has 0 fully saturated rings. The zero-order valence-electron chi connectivity index (χ0n) is 16.1. The molecule has 204 valence electrons. The fourth-order valence-electron chi connectivity index (χ4n) is 2.15. The third-order valence-corrected chi connectivity index (χ3v) is 4.18. The lowest BCUT2D eigenvalue weighted by Crippen LogP contribution is -2.75. The second-order valence-electron chi connectivity index (χ2n) is 6.59. The van der Waals surface area contributed by atoms with Crippen molar-refractivity contribution in [3.63, 3.8) is 0 Å². The van der Waals surface area contributed by atoms with Crippen LogP contribution in [0.25, 0.3) is 0 Å². The van der Waals surface area contributed by atoms with Gasteiger partial charge < -0.3 is 9.84 Å². The van der Waals surface area contributed by atoms with E-state index in [1.807, 2.05) is 0 Å². The molecule has 0 radical (unpaired) electrons. The maximum absolute atomic E-state index is 14.0. The summed E-state index contributed by atoms with van der Waals surface area (Å²) in [5, 5.41) is 8.43. The topological polar surface area (TPSA) is 29.5 Å². The van der Waals surface area contributed by atoms with Crippen LogP contribution in [0.3, 0.4) is 0 Å². The van der Waals surface area contributed by atoms with Crippen LogP contribution in [0, 0.1) is 5.92 Å². The first kappa shape index (κ1) is 32.3. The highest BCUT2D eigenvalue weighted by molar-refractivity contribution is 5.16. The Morgan fingerprint density at radius 2 is 0.971 bits per heavy atom. The van der Waals surface area contributed by atoms with E-state index in [1.54, 1.807) is 0 Å². The number of aliphatic hydroxyl groups excluding tert-OH is 1. The number of aliphatic hydroxyl groups is 1.